The monoisotopic (exact) mass is 170 g/mol. The molecule has 1 rings (SSSR count). The lowest BCUT2D eigenvalue weighted by molar-refractivity contribution is 0.463. The van der Waals surface area contributed by atoms with Gasteiger partial charge in [0.25, 0.3) is 0 Å². The van der Waals surface area contributed by atoms with E-state index in [1.807, 2.05) is 13.8 Å². The highest BCUT2D eigenvalue weighted by Gasteiger charge is 2.19. The van der Waals surface area contributed by atoms with Crippen molar-refractivity contribution in [1.29, 1.82) is 0 Å². The van der Waals surface area contributed by atoms with Crippen LogP contribution in [0.2, 0.25) is 0 Å². The minimum Gasteiger partial charge on any atom is -0.0819 e. The van der Waals surface area contributed by atoms with Crippen LogP contribution in [0.1, 0.15) is 54.9 Å². The third kappa shape index (κ3) is 5.40. The van der Waals surface area contributed by atoms with Gasteiger partial charge in [-0.05, 0) is 18.8 Å². The summed E-state index contributed by atoms with van der Waals surface area (Å²) < 4.78 is 0. The molecule has 0 fully saturated rings. The van der Waals surface area contributed by atoms with E-state index in [1.165, 1.54) is 6.42 Å². The van der Waals surface area contributed by atoms with Crippen LogP contribution in [0, 0.1) is 11.8 Å². The molecule has 12 heavy (non-hydrogen) atoms. The summed E-state index contributed by atoms with van der Waals surface area (Å²) in [5.74, 6) is 1.71. The van der Waals surface area contributed by atoms with Gasteiger partial charge in [-0.3, -0.25) is 0 Å². The van der Waals surface area contributed by atoms with Crippen LogP contribution in [0.4, 0.5) is 0 Å². The minimum atomic E-state index is 0.847. The fourth-order valence-electron chi connectivity index (χ4n) is 1.01. The summed E-state index contributed by atoms with van der Waals surface area (Å²) in [6.45, 7) is 15.0. The molecule has 0 nitrogen and oxygen atoms in total. The maximum Gasteiger partial charge on any atom is -0.0174 e. The largest absolute Gasteiger partial charge is 0.0819 e. The first kappa shape index (κ1) is 14.3. The van der Waals surface area contributed by atoms with E-state index in [2.05, 4.69) is 40.7 Å². The molecule has 0 radical (unpaired) electrons. The van der Waals surface area contributed by atoms with Crippen molar-refractivity contribution in [1.82, 2.24) is 0 Å². The Morgan fingerprint density at radius 1 is 1.17 bits per heavy atom. The molecule has 0 spiro atoms. The standard InChI is InChI=1S/C7H12.C3H8.C2H6/c1-5-4-6(2)7(5)3;1-3-2;1-2/h4-5,7H,1-3H3;3H2,1-2H3;1-2H3. The maximum atomic E-state index is 2.32. The fourth-order valence-corrected chi connectivity index (χ4v) is 1.01. The molecule has 0 heteroatoms. The van der Waals surface area contributed by atoms with Gasteiger partial charge in [0.2, 0.25) is 0 Å². The molecule has 0 N–H and O–H groups in total. The Balaban J connectivity index is 0. The van der Waals surface area contributed by atoms with E-state index in [4.69, 9.17) is 0 Å². The van der Waals surface area contributed by atoms with E-state index in [1.54, 1.807) is 5.57 Å². The summed E-state index contributed by atoms with van der Waals surface area (Å²) in [4.78, 5) is 0. The number of allylic oxidation sites excluding steroid dienone is 2. The van der Waals surface area contributed by atoms with Crippen LogP contribution in [0.25, 0.3) is 0 Å². The average molecular weight is 170 g/mol. The van der Waals surface area contributed by atoms with Crippen molar-refractivity contribution in [3.8, 4) is 0 Å². The zero-order valence-electron chi connectivity index (χ0n) is 9.94. The average Bonchev–Trinajstić information content (AvgIpc) is 2.10. The Labute approximate surface area is 79.1 Å². The summed E-state index contributed by atoms with van der Waals surface area (Å²) in [5.41, 5.74) is 1.56. The van der Waals surface area contributed by atoms with Gasteiger partial charge >= 0.3 is 0 Å². The number of hydrogen-bond donors (Lipinski definition) is 0. The summed E-state index contributed by atoms with van der Waals surface area (Å²) in [7, 11) is 0. The van der Waals surface area contributed by atoms with Crippen molar-refractivity contribution < 1.29 is 0 Å². The molecule has 2 unspecified atom stereocenters. The topological polar surface area (TPSA) is 0 Å². The van der Waals surface area contributed by atoms with Crippen molar-refractivity contribution in [3.63, 3.8) is 0 Å². The lowest BCUT2D eigenvalue weighted by atomic mass is 9.78. The highest BCUT2D eigenvalue weighted by atomic mass is 14.2. The molecule has 0 saturated carbocycles. The van der Waals surface area contributed by atoms with Gasteiger partial charge in [-0.15, -0.1) is 0 Å². The minimum absolute atomic E-state index is 0.847. The quantitative estimate of drug-likeness (QED) is 0.464. The molecule has 1 aliphatic rings. The lowest BCUT2D eigenvalue weighted by Crippen LogP contribution is -2.16. The first-order valence-electron chi connectivity index (χ1n) is 5.31. The van der Waals surface area contributed by atoms with Gasteiger partial charge in [-0.2, -0.15) is 0 Å². The van der Waals surface area contributed by atoms with Crippen LogP contribution in [0.15, 0.2) is 11.6 Å². The first-order valence-corrected chi connectivity index (χ1v) is 5.31. The van der Waals surface area contributed by atoms with Crippen molar-refractivity contribution in [2.45, 2.75) is 54.9 Å². The third-order valence-corrected chi connectivity index (χ3v) is 2.03. The van der Waals surface area contributed by atoms with Gasteiger partial charge in [0.1, 0.15) is 0 Å². The molecule has 0 amide bonds. The van der Waals surface area contributed by atoms with Crippen LogP contribution >= 0.6 is 0 Å². The van der Waals surface area contributed by atoms with E-state index < -0.39 is 0 Å². The Bertz CT molecular complexity index is 111. The number of rotatable bonds is 0. The zero-order chi connectivity index (χ0) is 10.1. The summed E-state index contributed by atoms with van der Waals surface area (Å²) >= 11 is 0. The highest BCUT2D eigenvalue weighted by Crippen LogP contribution is 2.31. The van der Waals surface area contributed by atoms with Crippen molar-refractivity contribution in [3.05, 3.63) is 11.6 Å². The van der Waals surface area contributed by atoms with Crippen LogP contribution in [0.3, 0.4) is 0 Å². The van der Waals surface area contributed by atoms with Gasteiger partial charge in [0.05, 0.1) is 0 Å². The SMILES string of the molecule is CC.CC1=CC(C)C1C.CCC. The molecule has 1 aliphatic carbocycles. The van der Waals surface area contributed by atoms with E-state index in [-0.39, 0.29) is 0 Å². The third-order valence-electron chi connectivity index (χ3n) is 2.03. The first-order chi connectivity index (χ1) is 5.63. The second kappa shape index (κ2) is 8.83. The Morgan fingerprint density at radius 2 is 1.50 bits per heavy atom. The smallest absolute Gasteiger partial charge is 0.0174 e. The van der Waals surface area contributed by atoms with Crippen LogP contribution < -0.4 is 0 Å². The van der Waals surface area contributed by atoms with Crippen LogP contribution in [-0.4, -0.2) is 0 Å². The maximum absolute atomic E-state index is 2.32. The van der Waals surface area contributed by atoms with Gasteiger partial charge in [-0.25, -0.2) is 0 Å². The molecule has 0 heterocycles. The molecule has 0 aromatic heterocycles. The van der Waals surface area contributed by atoms with Gasteiger partial charge in [0, 0.05) is 0 Å². The van der Waals surface area contributed by atoms with Crippen molar-refractivity contribution >= 4 is 0 Å². The molecular weight excluding hydrogens is 144 g/mol. The molecule has 0 aromatic rings. The predicted octanol–water partition coefficient (Wildman–Crippen LogP) is 4.66. The predicted molar refractivity (Wildman–Crippen MR) is 59.4 cm³/mol. The normalized spacial score (nSPS) is 25.1. The van der Waals surface area contributed by atoms with E-state index >= 15 is 0 Å². The molecular formula is C12H26. The van der Waals surface area contributed by atoms with Gasteiger partial charge in [-0.1, -0.05) is 59.6 Å². The summed E-state index contributed by atoms with van der Waals surface area (Å²) in [6, 6.07) is 0. The molecule has 0 saturated heterocycles. The number of hydrogen-bond acceptors (Lipinski definition) is 0. The molecule has 74 valence electrons. The summed E-state index contributed by atoms with van der Waals surface area (Å²) in [5, 5.41) is 0. The fraction of sp³-hybridized carbons (Fsp3) is 0.833. The van der Waals surface area contributed by atoms with E-state index in [9.17, 15) is 0 Å². The van der Waals surface area contributed by atoms with Crippen LogP contribution in [-0.2, 0) is 0 Å². The van der Waals surface area contributed by atoms with E-state index in [0.29, 0.717) is 0 Å². The van der Waals surface area contributed by atoms with Gasteiger partial charge < -0.3 is 0 Å². The zero-order valence-corrected chi connectivity index (χ0v) is 9.94. The molecule has 0 bridgehead atoms. The second-order valence-corrected chi connectivity index (χ2v) is 3.27. The summed E-state index contributed by atoms with van der Waals surface area (Å²) in [6.07, 6.45) is 3.57. The molecule has 0 aliphatic heterocycles. The Kier molecular flexibility index (Phi) is 10.5. The molecule has 2 atom stereocenters. The van der Waals surface area contributed by atoms with Gasteiger partial charge in [0.15, 0.2) is 0 Å². The Hall–Kier alpha value is -0.260. The van der Waals surface area contributed by atoms with E-state index in [0.717, 1.165) is 11.8 Å². The Morgan fingerprint density at radius 3 is 1.50 bits per heavy atom. The van der Waals surface area contributed by atoms with Crippen molar-refractivity contribution in [2.24, 2.45) is 11.8 Å². The highest BCUT2D eigenvalue weighted by molar-refractivity contribution is 5.17. The van der Waals surface area contributed by atoms with Crippen LogP contribution in [0.5, 0.6) is 0 Å². The second-order valence-electron chi connectivity index (χ2n) is 3.27. The van der Waals surface area contributed by atoms with Crippen molar-refractivity contribution in [2.75, 3.05) is 0 Å². The molecule has 0 aromatic carbocycles. The lowest BCUT2D eigenvalue weighted by Gasteiger charge is -2.27.